The number of benzene rings is 1. The molecule has 1 nitrogen and oxygen atoms in total. The molecule has 1 saturated carbocycles. The molecule has 0 spiro atoms. The highest BCUT2D eigenvalue weighted by molar-refractivity contribution is 7.19. The highest BCUT2D eigenvalue weighted by Gasteiger charge is 2.25. The first-order valence-corrected chi connectivity index (χ1v) is 13.3. The van der Waals surface area contributed by atoms with Gasteiger partial charge < -0.3 is 4.74 Å². The summed E-state index contributed by atoms with van der Waals surface area (Å²) in [6.45, 7) is 5.42. The van der Waals surface area contributed by atoms with Gasteiger partial charge in [-0.15, -0.1) is 11.3 Å². The minimum Gasteiger partial charge on any atom is -0.378 e. The lowest BCUT2D eigenvalue weighted by atomic mass is 9.77. The third-order valence-electron chi connectivity index (χ3n) is 7.56. The van der Waals surface area contributed by atoms with Gasteiger partial charge in [0.1, 0.15) is 5.82 Å². The monoisotopic (exact) mass is 430 g/mol. The van der Waals surface area contributed by atoms with Crippen molar-refractivity contribution in [2.75, 3.05) is 6.61 Å². The maximum Gasteiger partial charge on any atom is 0.144 e. The highest BCUT2D eigenvalue weighted by atomic mass is 32.1. The van der Waals surface area contributed by atoms with Crippen molar-refractivity contribution in [2.45, 2.75) is 103 Å². The summed E-state index contributed by atoms with van der Waals surface area (Å²) >= 11 is 1.69. The van der Waals surface area contributed by atoms with Crippen molar-refractivity contribution in [3.05, 3.63) is 34.5 Å². The summed E-state index contributed by atoms with van der Waals surface area (Å²) in [5, 5.41) is 1.10. The first-order chi connectivity index (χ1) is 14.7. The van der Waals surface area contributed by atoms with Crippen LogP contribution in [0, 0.1) is 17.7 Å². The lowest BCUT2D eigenvalue weighted by molar-refractivity contribution is -0.0217. The van der Waals surface area contributed by atoms with Crippen LogP contribution in [0.2, 0.25) is 0 Å². The van der Waals surface area contributed by atoms with E-state index < -0.39 is 0 Å². The van der Waals surface area contributed by atoms with Crippen LogP contribution in [0.15, 0.2) is 18.2 Å². The molecule has 1 aliphatic carbocycles. The smallest absolute Gasteiger partial charge is 0.144 e. The fourth-order valence-electron chi connectivity index (χ4n) is 5.73. The lowest BCUT2D eigenvalue weighted by Gasteiger charge is -2.29. The van der Waals surface area contributed by atoms with E-state index in [1.807, 2.05) is 0 Å². The van der Waals surface area contributed by atoms with Crippen LogP contribution >= 0.6 is 11.3 Å². The van der Waals surface area contributed by atoms with E-state index in [4.69, 9.17) is 4.74 Å². The second kappa shape index (κ2) is 10.6. The number of rotatable bonds is 8. The molecule has 3 heteroatoms. The molecule has 2 aromatic rings. The Bertz CT molecular complexity index is 797. The Balaban J connectivity index is 1.36. The SMILES string of the molecule is CCCC1CCC(c2ccc3cc(CCC4CCC(CCC)OC4)sc3c2F)CC1. The van der Waals surface area contributed by atoms with Crippen LogP contribution in [0.25, 0.3) is 10.1 Å². The first kappa shape index (κ1) is 22.3. The maximum absolute atomic E-state index is 15.4. The van der Waals surface area contributed by atoms with E-state index in [9.17, 15) is 0 Å². The number of aryl methyl sites for hydroxylation is 1. The van der Waals surface area contributed by atoms with Gasteiger partial charge in [-0.05, 0) is 92.6 Å². The van der Waals surface area contributed by atoms with Crippen molar-refractivity contribution < 1.29 is 9.13 Å². The van der Waals surface area contributed by atoms with Crippen LogP contribution in [0.3, 0.4) is 0 Å². The molecule has 2 heterocycles. The third-order valence-corrected chi connectivity index (χ3v) is 8.77. The summed E-state index contributed by atoms with van der Waals surface area (Å²) in [6.07, 6.45) is 15.1. The molecule has 1 aromatic carbocycles. The number of hydrogen-bond acceptors (Lipinski definition) is 2. The molecule has 2 atom stereocenters. The van der Waals surface area contributed by atoms with E-state index in [2.05, 4.69) is 32.0 Å². The van der Waals surface area contributed by atoms with E-state index in [-0.39, 0.29) is 5.82 Å². The van der Waals surface area contributed by atoms with Gasteiger partial charge in [0.25, 0.3) is 0 Å². The molecule has 2 fully saturated rings. The lowest BCUT2D eigenvalue weighted by Crippen LogP contribution is -2.26. The molecule has 30 heavy (non-hydrogen) atoms. The van der Waals surface area contributed by atoms with Crippen molar-refractivity contribution in [3.63, 3.8) is 0 Å². The van der Waals surface area contributed by atoms with E-state index >= 15 is 4.39 Å². The van der Waals surface area contributed by atoms with Gasteiger partial charge in [-0.25, -0.2) is 4.39 Å². The Kier molecular flexibility index (Phi) is 7.86. The van der Waals surface area contributed by atoms with Crippen LogP contribution in [-0.2, 0) is 11.2 Å². The topological polar surface area (TPSA) is 9.23 Å². The Labute approximate surface area is 186 Å². The molecule has 2 aliphatic rings. The molecule has 1 aliphatic heterocycles. The summed E-state index contributed by atoms with van der Waals surface area (Å²) in [4.78, 5) is 1.34. The van der Waals surface area contributed by atoms with Gasteiger partial charge in [-0.2, -0.15) is 0 Å². The minimum atomic E-state index is 0.0751. The van der Waals surface area contributed by atoms with Crippen LogP contribution in [0.5, 0.6) is 0 Å². The molecule has 4 rings (SSSR count). The second-order valence-electron chi connectivity index (χ2n) is 9.83. The Morgan fingerprint density at radius 1 is 0.933 bits per heavy atom. The molecule has 2 unspecified atom stereocenters. The van der Waals surface area contributed by atoms with E-state index in [0.29, 0.717) is 17.9 Å². The highest BCUT2D eigenvalue weighted by Crippen LogP contribution is 2.41. The Hall–Kier alpha value is -0.930. The van der Waals surface area contributed by atoms with Crippen LogP contribution in [0.1, 0.15) is 101 Å². The van der Waals surface area contributed by atoms with Crippen molar-refractivity contribution in [1.29, 1.82) is 0 Å². The van der Waals surface area contributed by atoms with E-state index in [0.717, 1.165) is 47.4 Å². The number of halogens is 1. The van der Waals surface area contributed by atoms with Gasteiger partial charge in [0, 0.05) is 11.5 Å². The zero-order chi connectivity index (χ0) is 20.9. The predicted octanol–water partition coefficient (Wildman–Crippen LogP) is 8.64. The minimum absolute atomic E-state index is 0.0751. The van der Waals surface area contributed by atoms with E-state index in [1.165, 1.54) is 62.7 Å². The Morgan fingerprint density at radius 2 is 1.70 bits per heavy atom. The number of thiophene rings is 1. The molecular weight excluding hydrogens is 391 g/mol. The third kappa shape index (κ3) is 5.27. The summed E-state index contributed by atoms with van der Waals surface area (Å²) in [6, 6.07) is 6.49. The first-order valence-electron chi connectivity index (χ1n) is 12.5. The van der Waals surface area contributed by atoms with Crippen molar-refractivity contribution in [3.8, 4) is 0 Å². The maximum atomic E-state index is 15.4. The van der Waals surface area contributed by atoms with Gasteiger partial charge in [-0.3, -0.25) is 0 Å². The number of ether oxygens (including phenoxy) is 1. The number of hydrogen-bond donors (Lipinski definition) is 0. The standard InChI is InChI=1S/C27H39FOS/c1-3-5-19-7-11-21(12-8-19)25-16-13-22-17-24(30-27(22)26(25)28)15-10-20-9-14-23(6-4-2)29-18-20/h13,16-17,19-21,23H,3-12,14-15,18H2,1-2H3. The summed E-state index contributed by atoms with van der Waals surface area (Å²) < 4.78 is 22.3. The largest absolute Gasteiger partial charge is 0.378 e. The van der Waals surface area contributed by atoms with Gasteiger partial charge in [0.05, 0.1) is 10.8 Å². The number of fused-ring (bicyclic) bond motifs is 1. The van der Waals surface area contributed by atoms with Gasteiger partial charge >= 0.3 is 0 Å². The Morgan fingerprint density at radius 3 is 2.40 bits per heavy atom. The molecule has 1 aromatic heterocycles. The molecule has 0 radical (unpaired) electrons. The van der Waals surface area contributed by atoms with Crippen molar-refractivity contribution in [1.82, 2.24) is 0 Å². The zero-order valence-electron chi connectivity index (χ0n) is 18.9. The average molecular weight is 431 g/mol. The van der Waals surface area contributed by atoms with Gasteiger partial charge in [-0.1, -0.05) is 45.2 Å². The fraction of sp³-hybridized carbons (Fsp3) is 0.704. The summed E-state index contributed by atoms with van der Waals surface area (Å²) in [7, 11) is 0. The molecule has 166 valence electrons. The van der Waals surface area contributed by atoms with Crippen LogP contribution in [-0.4, -0.2) is 12.7 Å². The molecule has 0 N–H and O–H groups in total. The van der Waals surface area contributed by atoms with Crippen molar-refractivity contribution in [2.24, 2.45) is 11.8 Å². The van der Waals surface area contributed by atoms with Gasteiger partial charge in [0.2, 0.25) is 0 Å². The van der Waals surface area contributed by atoms with E-state index in [1.54, 1.807) is 11.3 Å². The molecule has 0 amide bonds. The zero-order valence-corrected chi connectivity index (χ0v) is 19.7. The second-order valence-corrected chi connectivity index (χ2v) is 11.0. The average Bonchev–Trinajstić information content (AvgIpc) is 3.19. The predicted molar refractivity (Wildman–Crippen MR) is 127 cm³/mol. The molecule has 1 saturated heterocycles. The molecule has 0 bridgehead atoms. The summed E-state index contributed by atoms with van der Waals surface area (Å²) in [5.74, 6) is 2.03. The quantitative estimate of drug-likeness (QED) is 0.407. The fourth-order valence-corrected chi connectivity index (χ4v) is 6.85. The van der Waals surface area contributed by atoms with Crippen LogP contribution in [0.4, 0.5) is 4.39 Å². The molecular formula is C27H39FOS. The van der Waals surface area contributed by atoms with Crippen LogP contribution < -0.4 is 0 Å². The normalized spacial score (nSPS) is 27.6. The summed E-state index contributed by atoms with van der Waals surface area (Å²) in [5.41, 5.74) is 0.980. The van der Waals surface area contributed by atoms with Gasteiger partial charge in [0.15, 0.2) is 0 Å². The van der Waals surface area contributed by atoms with Crippen molar-refractivity contribution >= 4 is 21.4 Å².